The van der Waals surface area contributed by atoms with Gasteiger partial charge in [-0.05, 0) is 26.0 Å². The first kappa shape index (κ1) is 16.6. The molecule has 9 nitrogen and oxygen atoms in total. The minimum absolute atomic E-state index is 0.0698. The number of rotatable bonds is 5. The van der Waals surface area contributed by atoms with E-state index in [1.165, 1.54) is 11.3 Å². The van der Waals surface area contributed by atoms with E-state index in [2.05, 4.69) is 25.1 Å². The highest BCUT2D eigenvalue weighted by Gasteiger charge is 2.13. The number of nitrogens with zero attached hydrogens (tertiary/aromatic N) is 6. The number of aromatic nitrogens is 4. The van der Waals surface area contributed by atoms with Crippen LogP contribution in [0.5, 0.6) is 6.01 Å². The minimum Gasteiger partial charge on any atom is -0.315 e. The van der Waals surface area contributed by atoms with Gasteiger partial charge < -0.3 is 4.84 Å². The molecule has 0 aliphatic rings. The number of hydrogen-bond acceptors (Lipinski definition) is 9. The molecule has 126 valence electrons. The molecule has 0 saturated carbocycles. The third-order valence-electron chi connectivity index (χ3n) is 3.12. The van der Waals surface area contributed by atoms with Crippen LogP contribution < -0.4 is 4.84 Å². The molecular weight excluding hydrogens is 344 g/mol. The Bertz CT molecular complexity index is 924. The van der Waals surface area contributed by atoms with Gasteiger partial charge in [0.1, 0.15) is 17.4 Å². The maximum absolute atomic E-state index is 10.6. The molecule has 3 rings (SSSR count). The lowest BCUT2D eigenvalue weighted by Crippen LogP contribution is -2.00. The van der Waals surface area contributed by atoms with Crippen molar-refractivity contribution < 1.29 is 9.76 Å². The van der Waals surface area contributed by atoms with Crippen LogP contribution in [0.4, 0.5) is 5.69 Å². The van der Waals surface area contributed by atoms with Gasteiger partial charge in [0.15, 0.2) is 0 Å². The largest absolute Gasteiger partial charge is 0.346 e. The molecule has 0 aromatic carbocycles. The van der Waals surface area contributed by atoms with Crippen LogP contribution >= 0.6 is 11.3 Å². The summed E-state index contributed by atoms with van der Waals surface area (Å²) in [5.41, 5.74) is 2.13. The molecule has 3 heterocycles. The molecule has 0 radical (unpaired) electrons. The van der Waals surface area contributed by atoms with Gasteiger partial charge in [0.2, 0.25) is 0 Å². The van der Waals surface area contributed by atoms with Crippen molar-refractivity contribution in [3.05, 3.63) is 57.6 Å². The summed E-state index contributed by atoms with van der Waals surface area (Å²) in [6.45, 7) is 3.66. The summed E-state index contributed by atoms with van der Waals surface area (Å²) in [5, 5.41) is 15.4. The molecule has 0 saturated heterocycles. The quantitative estimate of drug-likeness (QED) is 0.392. The van der Waals surface area contributed by atoms with Crippen LogP contribution in [0.2, 0.25) is 0 Å². The zero-order valence-corrected chi connectivity index (χ0v) is 14.1. The number of pyridine rings is 1. The summed E-state index contributed by atoms with van der Waals surface area (Å²) in [5.74, 6) is 0. The van der Waals surface area contributed by atoms with Crippen LogP contribution in [0.3, 0.4) is 0 Å². The number of hydrogen-bond donors (Lipinski definition) is 0. The maximum atomic E-state index is 10.6. The van der Waals surface area contributed by atoms with Crippen molar-refractivity contribution in [3.8, 4) is 16.6 Å². The lowest BCUT2D eigenvalue weighted by atomic mass is 10.3. The van der Waals surface area contributed by atoms with E-state index < -0.39 is 4.92 Å². The monoisotopic (exact) mass is 356 g/mol. The van der Waals surface area contributed by atoms with Crippen molar-refractivity contribution in [3.63, 3.8) is 0 Å². The van der Waals surface area contributed by atoms with E-state index in [-0.39, 0.29) is 11.7 Å². The van der Waals surface area contributed by atoms with Gasteiger partial charge in [-0.2, -0.15) is 9.97 Å². The molecule has 25 heavy (non-hydrogen) atoms. The molecule has 0 atom stereocenters. The first-order valence-corrected chi connectivity index (χ1v) is 7.92. The van der Waals surface area contributed by atoms with E-state index in [0.29, 0.717) is 5.71 Å². The highest BCUT2D eigenvalue weighted by Crippen LogP contribution is 2.27. The Morgan fingerprint density at radius 3 is 2.72 bits per heavy atom. The summed E-state index contributed by atoms with van der Waals surface area (Å²) in [7, 11) is 0. The third kappa shape index (κ3) is 3.80. The van der Waals surface area contributed by atoms with Crippen LogP contribution in [0.25, 0.3) is 10.6 Å². The van der Waals surface area contributed by atoms with Crippen molar-refractivity contribution in [2.24, 2.45) is 5.16 Å². The van der Waals surface area contributed by atoms with Gasteiger partial charge in [-0.3, -0.25) is 15.1 Å². The molecule has 0 aliphatic heterocycles. The topological polar surface area (TPSA) is 116 Å². The molecule has 10 heteroatoms. The van der Waals surface area contributed by atoms with Gasteiger partial charge in [0.05, 0.1) is 21.2 Å². The standard InChI is InChI=1S/C15H12N6O3S/c1-9-13(25-14(19-9)11-4-3-5-16-6-11)10(2)20-24-15-17-7-12(8-18-15)21(22)23/h3-8H,1-2H3. The van der Waals surface area contributed by atoms with Crippen LogP contribution in [0.15, 0.2) is 42.1 Å². The molecule has 0 fully saturated rings. The minimum atomic E-state index is -0.584. The Balaban J connectivity index is 1.78. The van der Waals surface area contributed by atoms with E-state index in [0.717, 1.165) is 33.5 Å². The number of thiazole rings is 1. The molecule has 3 aromatic heterocycles. The first-order valence-electron chi connectivity index (χ1n) is 7.11. The average Bonchev–Trinajstić information content (AvgIpc) is 3.02. The molecule has 0 unspecified atom stereocenters. The van der Waals surface area contributed by atoms with Gasteiger partial charge in [0.25, 0.3) is 0 Å². The van der Waals surface area contributed by atoms with Gasteiger partial charge in [-0.25, -0.2) is 4.98 Å². The zero-order valence-electron chi connectivity index (χ0n) is 13.3. The molecule has 0 spiro atoms. The molecule has 0 bridgehead atoms. The molecule has 3 aromatic rings. The maximum Gasteiger partial charge on any atom is 0.346 e. The summed E-state index contributed by atoms with van der Waals surface area (Å²) in [6, 6.07) is 3.71. The van der Waals surface area contributed by atoms with E-state index in [4.69, 9.17) is 4.84 Å². The van der Waals surface area contributed by atoms with Gasteiger partial charge >= 0.3 is 11.7 Å². The second-order valence-electron chi connectivity index (χ2n) is 4.92. The molecule has 0 aliphatic carbocycles. The Hall–Kier alpha value is -3.27. The van der Waals surface area contributed by atoms with Gasteiger partial charge in [-0.15, -0.1) is 11.3 Å². The SMILES string of the molecule is CC(=NOc1ncc([N+](=O)[O-])cn1)c1sc(-c2cccnc2)nc1C. The molecular formula is C15H12N6O3S. The van der Waals surface area contributed by atoms with E-state index >= 15 is 0 Å². The molecule has 0 amide bonds. The molecule has 0 N–H and O–H groups in total. The predicted molar refractivity (Wildman–Crippen MR) is 91.6 cm³/mol. The van der Waals surface area contributed by atoms with Crippen molar-refractivity contribution in [1.82, 2.24) is 19.9 Å². The fourth-order valence-corrected chi connectivity index (χ4v) is 2.94. The lowest BCUT2D eigenvalue weighted by molar-refractivity contribution is -0.385. The number of aryl methyl sites for hydroxylation is 1. The summed E-state index contributed by atoms with van der Waals surface area (Å²) in [4.78, 5) is 32.1. The van der Waals surface area contributed by atoms with Crippen molar-refractivity contribution in [2.75, 3.05) is 0 Å². The van der Waals surface area contributed by atoms with E-state index in [1.54, 1.807) is 19.3 Å². The van der Waals surface area contributed by atoms with Gasteiger partial charge in [-0.1, -0.05) is 5.16 Å². The van der Waals surface area contributed by atoms with Crippen LogP contribution in [-0.4, -0.2) is 30.6 Å². The Labute approximate surface area is 146 Å². The summed E-state index contributed by atoms with van der Waals surface area (Å²) in [6.07, 6.45) is 5.57. The van der Waals surface area contributed by atoms with Crippen LogP contribution in [-0.2, 0) is 0 Å². The van der Waals surface area contributed by atoms with Crippen LogP contribution in [0.1, 0.15) is 17.5 Å². The highest BCUT2D eigenvalue weighted by atomic mass is 32.1. The van der Waals surface area contributed by atoms with Crippen molar-refractivity contribution in [2.45, 2.75) is 13.8 Å². The smallest absolute Gasteiger partial charge is 0.315 e. The normalized spacial score (nSPS) is 11.4. The summed E-state index contributed by atoms with van der Waals surface area (Å²) < 4.78 is 0. The second-order valence-corrected chi connectivity index (χ2v) is 5.92. The zero-order chi connectivity index (χ0) is 17.8. The van der Waals surface area contributed by atoms with Crippen molar-refractivity contribution in [1.29, 1.82) is 0 Å². The highest BCUT2D eigenvalue weighted by molar-refractivity contribution is 7.17. The van der Waals surface area contributed by atoms with Crippen LogP contribution in [0, 0.1) is 17.0 Å². The third-order valence-corrected chi connectivity index (χ3v) is 4.44. The van der Waals surface area contributed by atoms with E-state index in [9.17, 15) is 10.1 Å². The Kier molecular flexibility index (Phi) is 4.70. The predicted octanol–water partition coefficient (Wildman–Crippen LogP) is 3.01. The number of oxime groups is 1. The second kappa shape index (κ2) is 7.09. The van der Waals surface area contributed by atoms with Gasteiger partial charge in [0, 0.05) is 18.0 Å². The first-order chi connectivity index (χ1) is 12.0. The summed E-state index contributed by atoms with van der Waals surface area (Å²) >= 11 is 1.47. The fraction of sp³-hybridized carbons (Fsp3) is 0.133. The Morgan fingerprint density at radius 2 is 2.08 bits per heavy atom. The van der Waals surface area contributed by atoms with E-state index in [1.807, 2.05) is 19.1 Å². The van der Waals surface area contributed by atoms with Crippen molar-refractivity contribution >= 4 is 22.7 Å². The number of nitro groups is 1. The fourth-order valence-electron chi connectivity index (χ4n) is 1.95. The lowest BCUT2D eigenvalue weighted by Gasteiger charge is -1.98. The Morgan fingerprint density at radius 1 is 1.32 bits per heavy atom. The average molecular weight is 356 g/mol.